The van der Waals surface area contributed by atoms with E-state index in [-0.39, 0.29) is 6.61 Å². The molecule has 0 spiro atoms. The Morgan fingerprint density at radius 1 is 1.29 bits per heavy atom. The van der Waals surface area contributed by atoms with Crippen molar-refractivity contribution in [1.29, 1.82) is 0 Å². The molecule has 0 aromatic heterocycles. The highest BCUT2D eigenvalue weighted by molar-refractivity contribution is 5.36. The zero-order chi connectivity index (χ0) is 12.1. The SMILES string of the molecule is COc1ccccc1C(CCO)C1CCCC1. The summed E-state index contributed by atoms with van der Waals surface area (Å²) in [6.45, 7) is 0.263. The normalized spacial score (nSPS) is 18.2. The van der Waals surface area contributed by atoms with Gasteiger partial charge in [-0.05, 0) is 42.7 Å². The van der Waals surface area contributed by atoms with Crippen LogP contribution in [0.15, 0.2) is 24.3 Å². The summed E-state index contributed by atoms with van der Waals surface area (Å²) >= 11 is 0. The van der Waals surface area contributed by atoms with Crippen molar-refractivity contribution in [2.45, 2.75) is 38.0 Å². The Labute approximate surface area is 104 Å². The third-order valence-corrected chi connectivity index (χ3v) is 3.95. The van der Waals surface area contributed by atoms with E-state index in [2.05, 4.69) is 12.1 Å². The number of aliphatic hydroxyl groups excluding tert-OH is 1. The molecule has 1 aliphatic rings. The first-order valence-electron chi connectivity index (χ1n) is 6.60. The van der Waals surface area contributed by atoms with Gasteiger partial charge in [-0.1, -0.05) is 31.0 Å². The van der Waals surface area contributed by atoms with Crippen LogP contribution in [-0.4, -0.2) is 18.8 Å². The van der Waals surface area contributed by atoms with Crippen molar-refractivity contribution < 1.29 is 9.84 Å². The Hall–Kier alpha value is -1.02. The minimum atomic E-state index is 0.263. The molecular formula is C15H22O2. The molecule has 2 heteroatoms. The fourth-order valence-corrected chi connectivity index (χ4v) is 3.12. The summed E-state index contributed by atoms with van der Waals surface area (Å²) in [6, 6.07) is 8.25. The van der Waals surface area contributed by atoms with E-state index in [0.29, 0.717) is 5.92 Å². The van der Waals surface area contributed by atoms with E-state index < -0.39 is 0 Å². The van der Waals surface area contributed by atoms with Crippen molar-refractivity contribution in [2.75, 3.05) is 13.7 Å². The average molecular weight is 234 g/mol. The summed E-state index contributed by atoms with van der Waals surface area (Å²) in [5.41, 5.74) is 1.27. The molecule has 0 saturated heterocycles. The fraction of sp³-hybridized carbons (Fsp3) is 0.600. The molecule has 2 rings (SSSR count). The number of benzene rings is 1. The monoisotopic (exact) mass is 234 g/mol. The van der Waals surface area contributed by atoms with Gasteiger partial charge in [0, 0.05) is 6.61 Å². The summed E-state index contributed by atoms with van der Waals surface area (Å²) in [5.74, 6) is 2.15. The van der Waals surface area contributed by atoms with E-state index in [4.69, 9.17) is 4.74 Å². The van der Waals surface area contributed by atoms with Crippen molar-refractivity contribution in [3.63, 3.8) is 0 Å². The Bertz CT molecular complexity index is 343. The average Bonchev–Trinajstić information content (AvgIpc) is 2.89. The van der Waals surface area contributed by atoms with Gasteiger partial charge in [-0.3, -0.25) is 0 Å². The number of rotatable bonds is 5. The topological polar surface area (TPSA) is 29.5 Å². The molecule has 1 N–H and O–H groups in total. The second-order valence-corrected chi connectivity index (χ2v) is 4.91. The molecule has 2 nitrogen and oxygen atoms in total. The van der Waals surface area contributed by atoms with Gasteiger partial charge in [-0.25, -0.2) is 0 Å². The highest BCUT2D eigenvalue weighted by Gasteiger charge is 2.27. The molecule has 1 aromatic rings. The van der Waals surface area contributed by atoms with Crippen molar-refractivity contribution >= 4 is 0 Å². The van der Waals surface area contributed by atoms with E-state index in [1.165, 1.54) is 31.2 Å². The zero-order valence-electron chi connectivity index (χ0n) is 10.6. The Morgan fingerprint density at radius 2 is 2.00 bits per heavy atom. The van der Waals surface area contributed by atoms with E-state index in [1.807, 2.05) is 12.1 Å². The Balaban J connectivity index is 2.24. The molecule has 1 aromatic carbocycles. The van der Waals surface area contributed by atoms with Gasteiger partial charge in [0.2, 0.25) is 0 Å². The fourth-order valence-electron chi connectivity index (χ4n) is 3.12. The standard InChI is InChI=1S/C15H22O2/c1-17-15-9-5-4-8-14(15)13(10-11-16)12-6-2-3-7-12/h4-5,8-9,12-13,16H,2-3,6-7,10-11H2,1H3. The lowest BCUT2D eigenvalue weighted by molar-refractivity contribution is 0.252. The van der Waals surface area contributed by atoms with E-state index in [0.717, 1.165) is 18.1 Å². The number of para-hydroxylation sites is 1. The van der Waals surface area contributed by atoms with Crippen molar-refractivity contribution in [2.24, 2.45) is 5.92 Å². The molecule has 94 valence electrons. The van der Waals surface area contributed by atoms with Crippen LogP contribution in [0.2, 0.25) is 0 Å². The van der Waals surface area contributed by atoms with E-state index in [9.17, 15) is 5.11 Å². The molecule has 1 saturated carbocycles. The van der Waals surface area contributed by atoms with Crippen LogP contribution in [0.25, 0.3) is 0 Å². The van der Waals surface area contributed by atoms with E-state index >= 15 is 0 Å². The number of ether oxygens (including phenoxy) is 1. The highest BCUT2D eigenvalue weighted by Crippen LogP contribution is 2.42. The largest absolute Gasteiger partial charge is 0.496 e. The summed E-state index contributed by atoms with van der Waals surface area (Å²) in [6.07, 6.45) is 6.11. The van der Waals surface area contributed by atoms with Crippen molar-refractivity contribution in [3.05, 3.63) is 29.8 Å². The second-order valence-electron chi connectivity index (χ2n) is 4.91. The lowest BCUT2D eigenvalue weighted by atomic mass is 9.82. The van der Waals surface area contributed by atoms with Crippen LogP contribution >= 0.6 is 0 Å². The first-order chi connectivity index (χ1) is 8.36. The van der Waals surface area contributed by atoms with Gasteiger partial charge in [-0.15, -0.1) is 0 Å². The zero-order valence-corrected chi connectivity index (χ0v) is 10.6. The maximum atomic E-state index is 9.28. The minimum absolute atomic E-state index is 0.263. The molecule has 1 aliphatic carbocycles. The molecule has 0 amide bonds. The third-order valence-electron chi connectivity index (χ3n) is 3.95. The molecule has 1 unspecified atom stereocenters. The molecule has 0 radical (unpaired) electrons. The summed E-state index contributed by atoms with van der Waals surface area (Å²) in [7, 11) is 1.73. The molecule has 1 fully saturated rings. The van der Waals surface area contributed by atoms with Crippen LogP contribution < -0.4 is 4.74 Å². The molecule has 0 aliphatic heterocycles. The smallest absolute Gasteiger partial charge is 0.122 e. The quantitative estimate of drug-likeness (QED) is 0.846. The Morgan fingerprint density at radius 3 is 2.65 bits per heavy atom. The molecule has 0 bridgehead atoms. The van der Waals surface area contributed by atoms with Crippen LogP contribution in [-0.2, 0) is 0 Å². The van der Waals surface area contributed by atoms with Crippen LogP contribution in [0.4, 0.5) is 0 Å². The lowest BCUT2D eigenvalue weighted by Gasteiger charge is -2.24. The van der Waals surface area contributed by atoms with Crippen LogP contribution in [0.1, 0.15) is 43.6 Å². The van der Waals surface area contributed by atoms with Crippen molar-refractivity contribution in [3.8, 4) is 5.75 Å². The predicted octanol–water partition coefficient (Wildman–Crippen LogP) is 3.35. The van der Waals surface area contributed by atoms with Gasteiger partial charge in [0.25, 0.3) is 0 Å². The van der Waals surface area contributed by atoms with Crippen molar-refractivity contribution in [1.82, 2.24) is 0 Å². The molecule has 17 heavy (non-hydrogen) atoms. The lowest BCUT2D eigenvalue weighted by Crippen LogP contribution is -2.12. The predicted molar refractivity (Wildman–Crippen MR) is 69.4 cm³/mol. The first-order valence-corrected chi connectivity index (χ1v) is 6.60. The van der Waals surface area contributed by atoms with Gasteiger partial charge in [0.1, 0.15) is 5.75 Å². The Kier molecular flexibility index (Phi) is 4.43. The van der Waals surface area contributed by atoms with Gasteiger partial charge in [0.05, 0.1) is 7.11 Å². The first kappa shape index (κ1) is 12.4. The van der Waals surface area contributed by atoms with Crippen LogP contribution in [0.3, 0.4) is 0 Å². The summed E-state index contributed by atoms with van der Waals surface area (Å²) < 4.78 is 5.45. The van der Waals surface area contributed by atoms with Gasteiger partial charge < -0.3 is 9.84 Å². The maximum Gasteiger partial charge on any atom is 0.122 e. The van der Waals surface area contributed by atoms with Gasteiger partial charge >= 0.3 is 0 Å². The molecule has 1 atom stereocenters. The molecule has 0 heterocycles. The maximum absolute atomic E-state index is 9.28. The van der Waals surface area contributed by atoms with Crippen LogP contribution in [0, 0.1) is 5.92 Å². The van der Waals surface area contributed by atoms with Crippen LogP contribution in [0.5, 0.6) is 5.75 Å². The van der Waals surface area contributed by atoms with E-state index in [1.54, 1.807) is 7.11 Å². The summed E-state index contributed by atoms with van der Waals surface area (Å²) in [5, 5.41) is 9.28. The third kappa shape index (κ3) is 2.81. The number of hydrogen-bond acceptors (Lipinski definition) is 2. The second kappa shape index (κ2) is 6.06. The van der Waals surface area contributed by atoms with Gasteiger partial charge in [-0.2, -0.15) is 0 Å². The number of methoxy groups -OCH3 is 1. The number of hydrogen-bond donors (Lipinski definition) is 1. The highest BCUT2D eigenvalue weighted by atomic mass is 16.5. The minimum Gasteiger partial charge on any atom is -0.496 e. The number of aliphatic hydroxyl groups is 1. The van der Waals surface area contributed by atoms with Gasteiger partial charge in [0.15, 0.2) is 0 Å². The molecular weight excluding hydrogens is 212 g/mol. The summed E-state index contributed by atoms with van der Waals surface area (Å²) in [4.78, 5) is 0.